The summed E-state index contributed by atoms with van der Waals surface area (Å²) in [6.45, 7) is 2.57. The Morgan fingerprint density at radius 1 is 1.07 bits per heavy atom. The second-order valence-electron chi connectivity index (χ2n) is 6.43. The van der Waals surface area contributed by atoms with Gasteiger partial charge in [-0.3, -0.25) is 4.79 Å². The molecule has 0 spiro atoms. The van der Waals surface area contributed by atoms with Gasteiger partial charge in [-0.2, -0.15) is 4.68 Å². The van der Waals surface area contributed by atoms with Crippen molar-refractivity contribution in [3.05, 3.63) is 74.8 Å². The van der Waals surface area contributed by atoms with Crippen molar-refractivity contribution in [2.75, 3.05) is 0 Å². The van der Waals surface area contributed by atoms with Gasteiger partial charge in [0.15, 0.2) is 11.2 Å². The standard InChI is InChI=1S/C18H18N6O3/c1-12-3-5-13(6-4-12)7-8-24-18(26)27-14(21-24)9-23-11-20-16-15(23)17(25)22(2)10-19-16/h3-6,10-11H,7-9H2,1-2H3. The smallest absolute Gasteiger partial charge is 0.390 e. The summed E-state index contributed by atoms with van der Waals surface area (Å²) in [4.78, 5) is 32.6. The zero-order valence-corrected chi connectivity index (χ0v) is 15.0. The highest BCUT2D eigenvalue weighted by molar-refractivity contribution is 5.69. The Morgan fingerprint density at radius 3 is 2.59 bits per heavy atom. The predicted octanol–water partition coefficient (Wildman–Crippen LogP) is 0.879. The highest BCUT2D eigenvalue weighted by Crippen LogP contribution is 2.08. The van der Waals surface area contributed by atoms with Crippen LogP contribution in [0, 0.1) is 6.92 Å². The van der Waals surface area contributed by atoms with Crippen molar-refractivity contribution < 1.29 is 4.42 Å². The molecule has 0 bridgehead atoms. The van der Waals surface area contributed by atoms with E-state index in [1.165, 1.54) is 27.5 Å². The zero-order valence-electron chi connectivity index (χ0n) is 15.0. The molecule has 0 aliphatic heterocycles. The number of aromatic nitrogens is 6. The highest BCUT2D eigenvalue weighted by Gasteiger charge is 2.14. The Bertz CT molecular complexity index is 1210. The Morgan fingerprint density at radius 2 is 1.81 bits per heavy atom. The van der Waals surface area contributed by atoms with Crippen molar-refractivity contribution in [2.45, 2.75) is 26.4 Å². The second-order valence-corrected chi connectivity index (χ2v) is 6.43. The van der Waals surface area contributed by atoms with Gasteiger partial charge in [0.1, 0.15) is 6.54 Å². The lowest BCUT2D eigenvalue weighted by molar-refractivity contribution is 0.438. The Hall–Kier alpha value is -3.49. The van der Waals surface area contributed by atoms with Crippen LogP contribution in [0.25, 0.3) is 11.2 Å². The quantitative estimate of drug-likeness (QED) is 0.520. The maximum Gasteiger partial charge on any atom is 0.437 e. The first-order valence-electron chi connectivity index (χ1n) is 8.50. The molecule has 9 heteroatoms. The fraction of sp³-hybridized carbons (Fsp3) is 0.278. The SMILES string of the molecule is Cc1ccc(CCn2nc(Cn3cnc4ncn(C)c(=O)c43)oc2=O)cc1. The monoisotopic (exact) mass is 366 g/mol. The summed E-state index contributed by atoms with van der Waals surface area (Å²) >= 11 is 0. The lowest BCUT2D eigenvalue weighted by atomic mass is 10.1. The van der Waals surface area contributed by atoms with Gasteiger partial charge in [0.05, 0.1) is 19.2 Å². The lowest BCUT2D eigenvalue weighted by Gasteiger charge is -2.02. The highest BCUT2D eigenvalue weighted by atomic mass is 16.4. The van der Waals surface area contributed by atoms with E-state index in [0.29, 0.717) is 24.1 Å². The number of hydrogen-bond donors (Lipinski definition) is 0. The third-order valence-electron chi connectivity index (χ3n) is 4.38. The third kappa shape index (κ3) is 3.31. The van der Waals surface area contributed by atoms with Gasteiger partial charge in [-0.1, -0.05) is 29.8 Å². The maximum atomic E-state index is 12.3. The van der Waals surface area contributed by atoms with E-state index in [1.807, 2.05) is 31.2 Å². The molecule has 1 aromatic carbocycles. The van der Waals surface area contributed by atoms with Crippen LogP contribution >= 0.6 is 0 Å². The molecule has 3 heterocycles. The van der Waals surface area contributed by atoms with Crippen LogP contribution in [0.4, 0.5) is 0 Å². The number of fused-ring (bicyclic) bond motifs is 1. The molecule has 4 rings (SSSR count). The fourth-order valence-corrected chi connectivity index (χ4v) is 2.86. The van der Waals surface area contributed by atoms with E-state index in [1.54, 1.807) is 11.6 Å². The minimum absolute atomic E-state index is 0.129. The molecule has 0 aliphatic carbocycles. The Kier molecular flexibility index (Phi) is 4.19. The van der Waals surface area contributed by atoms with E-state index < -0.39 is 5.76 Å². The van der Waals surface area contributed by atoms with Gasteiger partial charge in [-0.15, -0.1) is 5.10 Å². The van der Waals surface area contributed by atoms with Crippen LogP contribution in [0.1, 0.15) is 17.0 Å². The van der Waals surface area contributed by atoms with E-state index in [2.05, 4.69) is 15.1 Å². The van der Waals surface area contributed by atoms with Crippen molar-refractivity contribution in [2.24, 2.45) is 7.05 Å². The summed E-state index contributed by atoms with van der Waals surface area (Å²) in [5.41, 5.74) is 2.77. The molecule has 0 saturated carbocycles. The summed E-state index contributed by atoms with van der Waals surface area (Å²) in [5.74, 6) is -0.304. The molecule has 0 fully saturated rings. The van der Waals surface area contributed by atoms with Gasteiger partial charge in [0, 0.05) is 7.05 Å². The molecule has 0 N–H and O–H groups in total. The molecule has 138 valence electrons. The molecule has 27 heavy (non-hydrogen) atoms. The third-order valence-corrected chi connectivity index (χ3v) is 4.38. The van der Waals surface area contributed by atoms with Crippen molar-refractivity contribution >= 4 is 11.2 Å². The van der Waals surface area contributed by atoms with E-state index in [9.17, 15) is 9.59 Å². The van der Waals surface area contributed by atoms with Crippen LogP contribution in [-0.4, -0.2) is 28.9 Å². The minimum Gasteiger partial charge on any atom is -0.390 e. The van der Waals surface area contributed by atoms with Gasteiger partial charge in [0.2, 0.25) is 5.89 Å². The molecular formula is C18H18N6O3. The molecule has 3 aromatic heterocycles. The first-order valence-corrected chi connectivity index (χ1v) is 8.50. The Balaban J connectivity index is 1.55. The molecule has 0 aliphatic rings. The molecule has 0 unspecified atom stereocenters. The van der Waals surface area contributed by atoms with Crippen LogP contribution in [0.15, 0.2) is 50.9 Å². The molecule has 9 nitrogen and oxygen atoms in total. The van der Waals surface area contributed by atoms with Crippen LogP contribution in [0.5, 0.6) is 0 Å². The average Bonchev–Trinajstić information content (AvgIpc) is 3.21. The van der Waals surface area contributed by atoms with E-state index in [0.717, 1.165) is 5.56 Å². The molecular weight excluding hydrogens is 348 g/mol. The lowest BCUT2D eigenvalue weighted by Crippen LogP contribution is -2.19. The molecule has 0 atom stereocenters. The van der Waals surface area contributed by atoms with Gasteiger partial charge in [0.25, 0.3) is 5.56 Å². The van der Waals surface area contributed by atoms with Crippen molar-refractivity contribution in [3.8, 4) is 0 Å². The van der Waals surface area contributed by atoms with E-state index >= 15 is 0 Å². The summed E-state index contributed by atoms with van der Waals surface area (Å²) in [6.07, 6.45) is 3.58. The predicted molar refractivity (Wildman–Crippen MR) is 97.5 cm³/mol. The van der Waals surface area contributed by atoms with Gasteiger partial charge >= 0.3 is 5.76 Å². The average molecular weight is 366 g/mol. The number of rotatable bonds is 5. The van der Waals surface area contributed by atoms with Crippen molar-refractivity contribution in [3.63, 3.8) is 0 Å². The van der Waals surface area contributed by atoms with Gasteiger partial charge in [-0.25, -0.2) is 14.8 Å². The largest absolute Gasteiger partial charge is 0.437 e. The van der Waals surface area contributed by atoms with Crippen LogP contribution in [0.3, 0.4) is 0 Å². The van der Waals surface area contributed by atoms with Gasteiger partial charge in [-0.05, 0) is 18.9 Å². The van der Waals surface area contributed by atoms with Crippen LogP contribution in [-0.2, 0) is 26.6 Å². The van der Waals surface area contributed by atoms with Crippen molar-refractivity contribution in [1.29, 1.82) is 0 Å². The first kappa shape index (κ1) is 17.0. The zero-order chi connectivity index (χ0) is 19.0. The number of benzene rings is 1. The van der Waals surface area contributed by atoms with Crippen LogP contribution in [0.2, 0.25) is 0 Å². The fourth-order valence-electron chi connectivity index (χ4n) is 2.86. The van der Waals surface area contributed by atoms with Crippen molar-refractivity contribution in [1.82, 2.24) is 28.9 Å². The summed E-state index contributed by atoms with van der Waals surface area (Å²) in [6, 6.07) is 8.12. The number of hydrogen-bond acceptors (Lipinski definition) is 6. The summed E-state index contributed by atoms with van der Waals surface area (Å²) in [7, 11) is 1.62. The molecule has 4 aromatic rings. The number of imidazole rings is 1. The van der Waals surface area contributed by atoms with E-state index in [-0.39, 0.29) is 18.0 Å². The van der Waals surface area contributed by atoms with Crippen LogP contribution < -0.4 is 11.3 Å². The number of aryl methyl sites for hydroxylation is 4. The summed E-state index contributed by atoms with van der Waals surface area (Å²) in [5, 5.41) is 4.24. The minimum atomic E-state index is -0.521. The number of nitrogens with zero attached hydrogens (tertiary/aromatic N) is 6. The maximum absolute atomic E-state index is 12.3. The Labute approximate surface area is 153 Å². The summed E-state index contributed by atoms with van der Waals surface area (Å²) < 4.78 is 9.48. The molecule has 0 saturated heterocycles. The van der Waals surface area contributed by atoms with Gasteiger partial charge < -0.3 is 13.6 Å². The first-order chi connectivity index (χ1) is 13.0. The molecule has 0 radical (unpaired) electrons. The topological polar surface area (TPSA) is 101 Å². The normalized spacial score (nSPS) is 11.3. The second kappa shape index (κ2) is 6.67. The van der Waals surface area contributed by atoms with E-state index in [4.69, 9.17) is 4.42 Å². The molecule has 0 amide bonds.